The third-order valence-electron chi connectivity index (χ3n) is 10.9. The molecular formula is C44H44ClN5O4. The minimum atomic E-state index is -0.214. The predicted molar refractivity (Wildman–Crippen MR) is 211 cm³/mol. The molecule has 0 N–H and O–H groups in total. The summed E-state index contributed by atoms with van der Waals surface area (Å²) in [5.41, 5.74) is 8.58. The van der Waals surface area contributed by atoms with Crippen LogP contribution < -0.4 is 9.64 Å². The first-order chi connectivity index (χ1) is 26.2. The Morgan fingerprint density at radius 1 is 0.944 bits per heavy atom. The number of benzene rings is 4. The number of hydrogen-bond acceptors (Lipinski definition) is 6. The van der Waals surface area contributed by atoms with Crippen molar-refractivity contribution in [1.82, 2.24) is 14.4 Å². The van der Waals surface area contributed by atoms with Gasteiger partial charge in [0.25, 0.3) is 11.8 Å². The van der Waals surface area contributed by atoms with Gasteiger partial charge in [0, 0.05) is 72.5 Å². The van der Waals surface area contributed by atoms with Crippen LogP contribution in [-0.2, 0) is 31.3 Å². The standard InChI is InChI=1S/C44H44ClN5O4/c1-29-33(10-7-11-42(29)53-4)26-49(36-15-12-31(25-46)13-16-36)44(52)39-24-41(47(3)30(39)2)40-23-35(45)14-17-38(40)43(51)50-27-34-9-6-5-8-32(34)22-37(50)28-48-18-20-54-21-19-48/h5-17,23-24,37H,18-22,26-28H2,1-4H3/t37-/m0/s1. The number of hydrogen-bond donors (Lipinski definition) is 0. The van der Waals surface area contributed by atoms with Gasteiger partial charge in [0.2, 0.25) is 0 Å². The third-order valence-corrected chi connectivity index (χ3v) is 11.2. The number of amides is 2. The van der Waals surface area contributed by atoms with Crippen molar-refractivity contribution >= 4 is 29.1 Å². The number of carbonyl (C=O) groups is 2. The fraction of sp³-hybridized carbons (Fsp3) is 0.295. The fourth-order valence-electron chi connectivity index (χ4n) is 7.68. The largest absolute Gasteiger partial charge is 0.496 e. The topological polar surface area (TPSA) is 91.0 Å². The van der Waals surface area contributed by atoms with E-state index in [4.69, 9.17) is 21.1 Å². The lowest BCUT2D eigenvalue weighted by molar-refractivity contribution is 0.0193. The number of halogens is 1. The molecule has 5 aromatic rings. The van der Waals surface area contributed by atoms with Crippen LogP contribution in [0, 0.1) is 25.2 Å². The lowest BCUT2D eigenvalue weighted by Gasteiger charge is -2.40. The van der Waals surface area contributed by atoms with Gasteiger partial charge in [-0.25, -0.2) is 0 Å². The molecule has 3 heterocycles. The van der Waals surface area contributed by atoms with Gasteiger partial charge in [-0.3, -0.25) is 14.5 Å². The Bertz CT molecular complexity index is 2230. The summed E-state index contributed by atoms with van der Waals surface area (Å²) < 4.78 is 13.2. The normalized spacial score (nSPS) is 15.7. The van der Waals surface area contributed by atoms with Crippen molar-refractivity contribution in [2.75, 3.05) is 44.9 Å². The zero-order valence-electron chi connectivity index (χ0n) is 31.1. The summed E-state index contributed by atoms with van der Waals surface area (Å²) in [6.45, 7) is 8.48. The molecule has 1 aromatic heterocycles. The van der Waals surface area contributed by atoms with E-state index in [0.717, 1.165) is 54.2 Å². The van der Waals surface area contributed by atoms with Gasteiger partial charge >= 0.3 is 0 Å². The van der Waals surface area contributed by atoms with E-state index in [2.05, 4.69) is 29.2 Å². The van der Waals surface area contributed by atoms with Gasteiger partial charge in [-0.05, 0) is 97.1 Å². The highest BCUT2D eigenvalue weighted by Crippen LogP contribution is 2.35. The number of methoxy groups -OCH3 is 1. The molecule has 1 atom stereocenters. The molecule has 0 unspecified atom stereocenters. The number of nitrogens with zero attached hydrogens (tertiary/aromatic N) is 5. The average Bonchev–Trinajstić information content (AvgIpc) is 3.50. The molecule has 0 radical (unpaired) electrons. The van der Waals surface area contributed by atoms with E-state index < -0.39 is 0 Å². The van der Waals surface area contributed by atoms with Crippen LogP contribution in [0.2, 0.25) is 5.02 Å². The monoisotopic (exact) mass is 741 g/mol. The smallest absolute Gasteiger partial charge is 0.260 e. The van der Waals surface area contributed by atoms with Crippen LogP contribution >= 0.6 is 11.6 Å². The Labute approximate surface area is 321 Å². The fourth-order valence-corrected chi connectivity index (χ4v) is 7.85. The van der Waals surface area contributed by atoms with Gasteiger partial charge in [0.15, 0.2) is 0 Å². The van der Waals surface area contributed by atoms with E-state index in [-0.39, 0.29) is 24.4 Å². The number of aromatic nitrogens is 1. The number of carbonyl (C=O) groups excluding carboxylic acids is 2. The molecule has 0 saturated carbocycles. The van der Waals surface area contributed by atoms with E-state index in [9.17, 15) is 14.9 Å². The van der Waals surface area contributed by atoms with Crippen molar-refractivity contribution < 1.29 is 19.1 Å². The molecule has 9 nitrogen and oxygen atoms in total. The third kappa shape index (κ3) is 7.38. The zero-order valence-corrected chi connectivity index (χ0v) is 31.9. The maximum absolute atomic E-state index is 14.9. The molecule has 0 bridgehead atoms. The van der Waals surface area contributed by atoms with Crippen LogP contribution in [0.15, 0.2) is 91.0 Å². The number of rotatable bonds is 9. The number of nitriles is 1. The van der Waals surface area contributed by atoms with E-state index in [1.54, 1.807) is 42.3 Å². The number of morpholine rings is 1. The van der Waals surface area contributed by atoms with Crippen molar-refractivity contribution in [3.05, 3.63) is 141 Å². The molecular weight excluding hydrogens is 698 g/mol. The highest BCUT2D eigenvalue weighted by molar-refractivity contribution is 6.31. The molecule has 0 aliphatic carbocycles. The molecule has 2 aliphatic rings. The van der Waals surface area contributed by atoms with Gasteiger partial charge in [-0.15, -0.1) is 0 Å². The second-order valence-electron chi connectivity index (χ2n) is 14.0. The molecule has 0 spiro atoms. The highest BCUT2D eigenvalue weighted by atomic mass is 35.5. The van der Waals surface area contributed by atoms with E-state index in [0.29, 0.717) is 58.4 Å². The van der Waals surface area contributed by atoms with Crippen LogP contribution in [-0.4, -0.2) is 72.2 Å². The minimum absolute atomic E-state index is 0.0256. The van der Waals surface area contributed by atoms with Gasteiger partial charge in [-0.2, -0.15) is 5.26 Å². The predicted octanol–water partition coefficient (Wildman–Crippen LogP) is 7.59. The number of ether oxygens (including phenoxy) is 2. The summed E-state index contributed by atoms with van der Waals surface area (Å²) in [6, 6.07) is 30.6. The Morgan fingerprint density at radius 3 is 2.41 bits per heavy atom. The Kier molecular flexibility index (Phi) is 10.9. The number of anilines is 1. The summed E-state index contributed by atoms with van der Waals surface area (Å²) in [4.78, 5) is 35.7. The van der Waals surface area contributed by atoms with Crippen molar-refractivity contribution in [3.63, 3.8) is 0 Å². The van der Waals surface area contributed by atoms with Crippen molar-refractivity contribution in [3.8, 4) is 23.1 Å². The van der Waals surface area contributed by atoms with Crippen LogP contribution in [0.25, 0.3) is 11.3 Å². The first-order valence-electron chi connectivity index (χ1n) is 18.3. The summed E-state index contributed by atoms with van der Waals surface area (Å²) in [6.07, 6.45) is 0.766. The molecule has 7 rings (SSSR count). The Morgan fingerprint density at radius 2 is 1.69 bits per heavy atom. The maximum atomic E-state index is 14.9. The van der Waals surface area contributed by atoms with Gasteiger partial charge in [0.05, 0.1) is 44.1 Å². The van der Waals surface area contributed by atoms with E-state index in [1.165, 1.54) is 5.56 Å². The van der Waals surface area contributed by atoms with Crippen LogP contribution in [0.5, 0.6) is 5.75 Å². The molecule has 276 valence electrons. The quantitative estimate of drug-likeness (QED) is 0.155. The van der Waals surface area contributed by atoms with Crippen molar-refractivity contribution in [2.45, 2.75) is 39.4 Å². The molecule has 2 amide bonds. The molecule has 10 heteroatoms. The second-order valence-corrected chi connectivity index (χ2v) is 14.5. The average molecular weight is 742 g/mol. The summed E-state index contributed by atoms with van der Waals surface area (Å²) >= 11 is 6.67. The summed E-state index contributed by atoms with van der Waals surface area (Å²) in [5.74, 6) is 0.448. The highest BCUT2D eigenvalue weighted by Gasteiger charge is 2.34. The van der Waals surface area contributed by atoms with Gasteiger partial charge < -0.3 is 23.8 Å². The zero-order chi connectivity index (χ0) is 37.9. The molecule has 2 aliphatic heterocycles. The van der Waals surface area contributed by atoms with E-state index in [1.807, 2.05) is 72.8 Å². The summed E-state index contributed by atoms with van der Waals surface area (Å²) in [5, 5.41) is 9.96. The van der Waals surface area contributed by atoms with Crippen LogP contribution in [0.1, 0.15) is 54.2 Å². The Balaban J connectivity index is 1.27. The van der Waals surface area contributed by atoms with Crippen LogP contribution in [0.3, 0.4) is 0 Å². The van der Waals surface area contributed by atoms with Crippen molar-refractivity contribution in [1.29, 1.82) is 5.26 Å². The SMILES string of the molecule is COc1cccc(CN(C(=O)c2cc(-c3cc(Cl)ccc3C(=O)N3Cc4ccccc4C[C@H]3CN3CCOCC3)n(C)c2C)c2ccc(C#N)cc2)c1C. The molecule has 4 aromatic carbocycles. The minimum Gasteiger partial charge on any atom is -0.496 e. The molecule has 54 heavy (non-hydrogen) atoms. The molecule has 1 saturated heterocycles. The summed E-state index contributed by atoms with van der Waals surface area (Å²) in [7, 11) is 3.54. The van der Waals surface area contributed by atoms with Gasteiger partial charge in [0.1, 0.15) is 5.75 Å². The van der Waals surface area contributed by atoms with E-state index >= 15 is 0 Å². The maximum Gasteiger partial charge on any atom is 0.260 e. The lowest BCUT2D eigenvalue weighted by atomic mass is 9.92. The Hall–Kier alpha value is -5.40. The second kappa shape index (κ2) is 15.9. The number of fused-ring (bicyclic) bond motifs is 1. The lowest BCUT2D eigenvalue weighted by Crippen LogP contribution is -2.52. The van der Waals surface area contributed by atoms with Gasteiger partial charge in [-0.1, -0.05) is 48.0 Å². The van der Waals surface area contributed by atoms with Crippen LogP contribution in [0.4, 0.5) is 5.69 Å². The first kappa shape index (κ1) is 36.9. The van der Waals surface area contributed by atoms with Crippen molar-refractivity contribution in [2.24, 2.45) is 7.05 Å². The molecule has 1 fully saturated rings. The first-order valence-corrected chi connectivity index (χ1v) is 18.6.